The molecule has 0 aliphatic carbocycles. The van der Waals surface area contributed by atoms with Crippen molar-refractivity contribution in [2.24, 2.45) is 0 Å². The van der Waals surface area contributed by atoms with Crippen LogP contribution in [-0.4, -0.2) is 50.0 Å². The first-order valence-corrected chi connectivity index (χ1v) is 8.60. The van der Waals surface area contributed by atoms with E-state index >= 15 is 0 Å². The lowest BCUT2D eigenvalue weighted by Gasteiger charge is -2.23. The van der Waals surface area contributed by atoms with E-state index in [2.05, 4.69) is 36.2 Å². The molecule has 3 heterocycles. The number of aliphatic hydroxyl groups excluding tert-OH is 1. The van der Waals surface area contributed by atoms with Gasteiger partial charge in [-0.25, -0.2) is 9.78 Å². The minimum atomic E-state index is -0.214. The van der Waals surface area contributed by atoms with Gasteiger partial charge in [-0.1, -0.05) is 26.8 Å². The average Bonchev–Trinajstić information content (AvgIpc) is 3.21. The largest absolute Gasteiger partial charge is 0.394 e. The lowest BCUT2D eigenvalue weighted by molar-refractivity contribution is 0.166. The summed E-state index contributed by atoms with van der Waals surface area (Å²) in [5.41, 5.74) is 0.717. The third-order valence-electron chi connectivity index (χ3n) is 4.43. The van der Waals surface area contributed by atoms with Crippen molar-refractivity contribution in [1.82, 2.24) is 19.7 Å². The van der Waals surface area contributed by atoms with Gasteiger partial charge < -0.3 is 10.0 Å². The number of carbonyl (C=O) groups is 1. The molecular weight excluding hydrogens is 318 g/mol. The molecule has 3 rings (SSSR count). The van der Waals surface area contributed by atoms with E-state index in [4.69, 9.17) is 0 Å². The monoisotopic (exact) mass is 343 g/mol. The number of rotatable bonds is 3. The number of amides is 2. The number of pyridine rings is 1. The summed E-state index contributed by atoms with van der Waals surface area (Å²) >= 11 is 0. The molecule has 2 aromatic heterocycles. The number of likely N-dealkylation sites (tertiary alicyclic amines) is 1. The topological polar surface area (TPSA) is 83.3 Å². The molecule has 1 aliphatic rings. The average molecular weight is 343 g/mol. The minimum absolute atomic E-state index is 0.0137. The normalized spacial score (nSPS) is 17.8. The van der Waals surface area contributed by atoms with Crippen molar-refractivity contribution in [1.29, 1.82) is 0 Å². The molecule has 0 bridgehead atoms. The number of aromatic nitrogens is 3. The van der Waals surface area contributed by atoms with Crippen LogP contribution in [0.15, 0.2) is 30.5 Å². The van der Waals surface area contributed by atoms with Gasteiger partial charge in [0, 0.05) is 24.2 Å². The standard InChI is InChI=1S/C18H25N5O2/c1-18(2,3)14-11-16(23(21-14)15-8-4-5-9-19-15)20-17(25)22-10-6-7-13(22)12-24/h4-5,8-9,11,13,24H,6-7,10,12H2,1-3H3,(H,20,25)/t13-/m1/s1. The molecule has 2 N–H and O–H groups in total. The fourth-order valence-corrected chi connectivity index (χ4v) is 2.96. The summed E-state index contributed by atoms with van der Waals surface area (Å²) in [7, 11) is 0. The Morgan fingerprint density at radius 2 is 2.20 bits per heavy atom. The van der Waals surface area contributed by atoms with E-state index in [0.29, 0.717) is 18.2 Å². The second kappa shape index (κ2) is 6.84. The second-order valence-electron chi connectivity index (χ2n) is 7.37. The molecule has 1 atom stereocenters. The molecule has 2 aromatic rings. The summed E-state index contributed by atoms with van der Waals surface area (Å²) in [6, 6.07) is 7.13. The van der Waals surface area contributed by atoms with Crippen LogP contribution in [0.1, 0.15) is 39.3 Å². The summed E-state index contributed by atoms with van der Waals surface area (Å²) in [6.45, 7) is 6.87. The summed E-state index contributed by atoms with van der Waals surface area (Å²) in [5.74, 6) is 1.23. The van der Waals surface area contributed by atoms with E-state index in [1.54, 1.807) is 15.8 Å². The van der Waals surface area contributed by atoms with Crippen LogP contribution in [0.25, 0.3) is 5.82 Å². The van der Waals surface area contributed by atoms with Crippen LogP contribution in [0, 0.1) is 0 Å². The van der Waals surface area contributed by atoms with Gasteiger partial charge in [0.15, 0.2) is 5.82 Å². The van der Waals surface area contributed by atoms with Crippen LogP contribution in [-0.2, 0) is 5.41 Å². The molecule has 7 nitrogen and oxygen atoms in total. The second-order valence-corrected chi connectivity index (χ2v) is 7.37. The molecule has 0 spiro atoms. The molecule has 2 amide bonds. The zero-order valence-corrected chi connectivity index (χ0v) is 14.9. The van der Waals surface area contributed by atoms with Gasteiger partial charge in [-0.3, -0.25) is 5.32 Å². The highest BCUT2D eigenvalue weighted by Crippen LogP contribution is 2.26. The third kappa shape index (κ3) is 3.66. The van der Waals surface area contributed by atoms with Crippen LogP contribution in [0.5, 0.6) is 0 Å². The predicted octanol–water partition coefficient (Wildman–Crippen LogP) is 2.55. The lowest BCUT2D eigenvalue weighted by atomic mass is 9.92. The number of carbonyl (C=O) groups excluding carboxylic acids is 1. The molecule has 1 fully saturated rings. The Bertz CT molecular complexity index is 736. The number of anilines is 1. The molecule has 0 radical (unpaired) electrons. The lowest BCUT2D eigenvalue weighted by Crippen LogP contribution is -2.40. The van der Waals surface area contributed by atoms with Gasteiger partial charge >= 0.3 is 6.03 Å². The Hall–Kier alpha value is -2.41. The Labute approximate surface area is 147 Å². The fraction of sp³-hybridized carbons (Fsp3) is 0.500. The molecule has 7 heteroatoms. The molecule has 1 aliphatic heterocycles. The van der Waals surface area contributed by atoms with Gasteiger partial charge in [-0.2, -0.15) is 9.78 Å². The number of hydrogen-bond donors (Lipinski definition) is 2. The summed E-state index contributed by atoms with van der Waals surface area (Å²) in [4.78, 5) is 18.7. The molecular formula is C18H25N5O2. The van der Waals surface area contributed by atoms with Crippen LogP contribution in [0.4, 0.5) is 10.6 Å². The Balaban J connectivity index is 1.92. The highest BCUT2D eigenvalue weighted by molar-refractivity contribution is 5.89. The van der Waals surface area contributed by atoms with Crippen LogP contribution in [0.2, 0.25) is 0 Å². The Morgan fingerprint density at radius 1 is 1.40 bits per heavy atom. The van der Waals surface area contributed by atoms with Gasteiger partial charge in [0.1, 0.15) is 5.82 Å². The van der Waals surface area contributed by atoms with Crippen molar-refractivity contribution in [2.75, 3.05) is 18.5 Å². The van der Waals surface area contributed by atoms with Crippen molar-refractivity contribution in [3.8, 4) is 5.82 Å². The van der Waals surface area contributed by atoms with Crippen molar-refractivity contribution >= 4 is 11.8 Å². The van der Waals surface area contributed by atoms with E-state index in [1.807, 2.05) is 24.3 Å². The number of urea groups is 1. The molecule has 1 saturated heterocycles. The zero-order valence-electron chi connectivity index (χ0n) is 14.9. The first-order chi connectivity index (χ1) is 11.9. The van der Waals surface area contributed by atoms with Gasteiger partial charge in [-0.05, 0) is 25.0 Å². The molecule has 134 valence electrons. The van der Waals surface area contributed by atoms with Gasteiger partial charge in [0.05, 0.1) is 18.3 Å². The number of hydrogen-bond acceptors (Lipinski definition) is 4. The summed E-state index contributed by atoms with van der Waals surface area (Å²) in [6.07, 6.45) is 3.43. The Morgan fingerprint density at radius 3 is 2.84 bits per heavy atom. The quantitative estimate of drug-likeness (QED) is 0.897. The van der Waals surface area contributed by atoms with Crippen LogP contribution < -0.4 is 5.32 Å². The Kier molecular flexibility index (Phi) is 4.76. The molecule has 0 unspecified atom stereocenters. The van der Waals surface area contributed by atoms with Crippen molar-refractivity contribution in [2.45, 2.75) is 45.1 Å². The molecule has 25 heavy (non-hydrogen) atoms. The smallest absolute Gasteiger partial charge is 0.323 e. The van der Waals surface area contributed by atoms with Gasteiger partial charge in [0.25, 0.3) is 0 Å². The van der Waals surface area contributed by atoms with E-state index < -0.39 is 0 Å². The van der Waals surface area contributed by atoms with Gasteiger partial charge in [0.2, 0.25) is 0 Å². The first kappa shape index (κ1) is 17.4. The van der Waals surface area contributed by atoms with Crippen LogP contribution in [0.3, 0.4) is 0 Å². The van der Waals surface area contributed by atoms with Crippen molar-refractivity contribution in [3.05, 3.63) is 36.2 Å². The SMILES string of the molecule is CC(C)(C)c1cc(NC(=O)N2CCC[C@@H]2CO)n(-c2ccccn2)n1. The molecule has 0 saturated carbocycles. The third-order valence-corrected chi connectivity index (χ3v) is 4.43. The fourth-order valence-electron chi connectivity index (χ4n) is 2.96. The molecule has 0 aromatic carbocycles. The predicted molar refractivity (Wildman–Crippen MR) is 95.9 cm³/mol. The highest BCUT2D eigenvalue weighted by atomic mass is 16.3. The van der Waals surface area contributed by atoms with Crippen molar-refractivity contribution in [3.63, 3.8) is 0 Å². The van der Waals surface area contributed by atoms with E-state index in [-0.39, 0.29) is 24.1 Å². The maximum atomic E-state index is 12.7. The van der Waals surface area contributed by atoms with Gasteiger partial charge in [-0.15, -0.1) is 0 Å². The maximum Gasteiger partial charge on any atom is 0.323 e. The number of nitrogens with one attached hydrogen (secondary N) is 1. The number of nitrogens with zero attached hydrogens (tertiary/aromatic N) is 4. The van der Waals surface area contributed by atoms with E-state index in [1.165, 1.54) is 0 Å². The maximum absolute atomic E-state index is 12.7. The van der Waals surface area contributed by atoms with Crippen molar-refractivity contribution < 1.29 is 9.90 Å². The van der Waals surface area contributed by atoms with E-state index in [0.717, 1.165) is 18.5 Å². The first-order valence-electron chi connectivity index (χ1n) is 8.60. The summed E-state index contributed by atoms with van der Waals surface area (Å²) < 4.78 is 1.66. The minimum Gasteiger partial charge on any atom is -0.394 e. The zero-order chi connectivity index (χ0) is 18.0. The van der Waals surface area contributed by atoms with E-state index in [9.17, 15) is 9.90 Å². The summed E-state index contributed by atoms with van der Waals surface area (Å²) in [5, 5.41) is 17.0. The van der Waals surface area contributed by atoms with Crippen LogP contribution >= 0.6 is 0 Å². The highest BCUT2D eigenvalue weighted by Gasteiger charge is 2.29. The number of aliphatic hydroxyl groups is 1.